The van der Waals surface area contributed by atoms with Crippen molar-refractivity contribution in [2.45, 2.75) is 26.5 Å². The van der Waals surface area contributed by atoms with Crippen LogP contribution in [0.4, 0.5) is 10.5 Å². The summed E-state index contributed by atoms with van der Waals surface area (Å²) in [6, 6.07) is 13.3. The molecule has 7 heteroatoms. The average Bonchev–Trinajstić information content (AvgIpc) is 2.74. The van der Waals surface area contributed by atoms with Crippen LogP contribution in [0.3, 0.4) is 0 Å². The van der Waals surface area contributed by atoms with Crippen molar-refractivity contribution in [2.24, 2.45) is 5.92 Å². The van der Waals surface area contributed by atoms with Crippen molar-refractivity contribution < 1.29 is 9.53 Å². The molecule has 7 nitrogen and oxygen atoms in total. The lowest BCUT2D eigenvalue weighted by Gasteiger charge is -2.39. The molecule has 1 aliphatic rings. The number of rotatable bonds is 8. The third-order valence-corrected chi connectivity index (χ3v) is 5.45. The molecule has 1 atom stereocenters. The van der Waals surface area contributed by atoms with Crippen molar-refractivity contribution in [2.75, 3.05) is 45.1 Å². The minimum atomic E-state index is -0.198. The van der Waals surface area contributed by atoms with Gasteiger partial charge in [-0.2, -0.15) is 0 Å². The Kier molecular flexibility index (Phi) is 8.04. The number of likely N-dealkylation sites (N-methyl/N-ethyl adjacent to an activating group) is 1. The number of piperazine rings is 1. The molecule has 2 amide bonds. The van der Waals surface area contributed by atoms with Crippen LogP contribution in [0.1, 0.15) is 19.5 Å². The molecule has 1 saturated heterocycles. The van der Waals surface area contributed by atoms with E-state index in [0.717, 1.165) is 31.9 Å². The zero-order valence-electron chi connectivity index (χ0n) is 18.2. The number of nitrogens with one attached hydrogen (secondary N) is 2. The highest BCUT2D eigenvalue weighted by atomic mass is 16.5. The first-order valence-corrected chi connectivity index (χ1v) is 10.6. The van der Waals surface area contributed by atoms with Crippen LogP contribution in [0.25, 0.3) is 0 Å². The molecule has 2 aromatic rings. The summed E-state index contributed by atoms with van der Waals surface area (Å²) in [5, 5.41) is 5.95. The molecule has 162 valence electrons. The molecule has 0 spiro atoms. The summed E-state index contributed by atoms with van der Waals surface area (Å²) in [6.45, 7) is 9.66. The number of carbonyl (C=O) groups excluding carboxylic acids is 1. The number of amides is 2. The van der Waals surface area contributed by atoms with Gasteiger partial charge in [0.25, 0.3) is 0 Å². The number of hydrogen-bond acceptors (Lipinski definition) is 5. The molecule has 0 aliphatic carbocycles. The Balaban J connectivity index is 1.49. The lowest BCUT2D eigenvalue weighted by Crippen LogP contribution is -2.54. The van der Waals surface area contributed by atoms with E-state index in [4.69, 9.17) is 4.74 Å². The number of aromatic nitrogens is 1. The number of urea groups is 1. The van der Waals surface area contributed by atoms with Gasteiger partial charge >= 0.3 is 6.03 Å². The van der Waals surface area contributed by atoms with E-state index in [1.807, 2.05) is 42.5 Å². The highest BCUT2D eigenvalue weighted by Gasteiger charge is 2.25. The Morgan fingerprint density at radius 2 is 1.93 bits per heavy atom. The summed E-state index contributed by atoms with van der Waals surface area (Å²) in [7, 11) is 2.15. The summed E-state index contributed by atoms with van der Waals surface area (Å²) in [5.41, 5.74) is 1.56. The number of ether oxygens (including phenoxy) is 1. The van der Waals surface area contributed by atoms with Crippen LogP contribution in [0.2, 0.25) is 0 Å². The molecule has 0 saturated carbocycles. The first kappa shape index (κ1) is 22.1. The molecular formula is C23H33N5O2. The zero-order chi connectivity index (χ0) is 21.3. The fourth-order valence-corrected chi connectivity index (χ4v) is 3.62. The summed E-state index contributed by atoms with van der Waals surface area (Å²) < 4.78 is 5.79. The molecule has 1 aromatic heterocycles. The minimum Gasteiger partial charge on any atom is -0.487 e. The molecule has 1 aliphatic heterocycles. The van der Waals surface area contributed by atoms with Crippen molar-refractivity contribution >= 4 is 11.7 Å². The van der Waals surface area contributed by atoms with Crippen LogP contribution in [-0.4, -0.2) is 66.6 Å². The average molecular weight is 412 g/mol. The van der Waals surface area contributed by atoms with E-state index < -0.39 is 0 Å². The molecule has 30 heavy (non-hydrogen) atoms. The molecule has 2 N–H and O–H groups in total. The third kappa shape index (κ3) is 6.71. The van der Waals surface area contributed by atoms with Gasteiger partial charge in [0.2, 0.25) is 0 Å². The van der Waals surface area contributed by atoms with Gasteiger partial charge in [0, 0.05) is 56.7 Å². The molecule has 1 aromatic carbocycles. The number of carbonyl (C=O) groups is 1. The Hall–Kier alpha value is -2.64. The lowest BCUT2D eigenvalue weighted by molar-refractivity contribution is 0.0890. The molecule has 1 unspecified atom stereocenters. The fourth-order valence-electron chi connectivity index (χ4n) is 3.62. The maximum Gasteiger partial charge on any atom is 0.319 e. The van der Waals surface area contributed by atoms with E-state index in [-0.39, 0.29) is 6.03 Å². The quantitative estimate of drug-likeness (QED) is 0.699. The van der Waals surface area contributed by atoms with E-state index in [2.05, 4.69) is 46.3 Å². The van der Waals surface area contributed by atoms with Gasteiger partial charge in [0.15, 0.2) is 0 Å². The zero-order valence-corrected chi connectivity index (χ0v) is 18.2. The maximum absolute atomic E-state index is 12.5. The summed E-state index contributed by atoms with van der Waals surface area (Å²) in [4.78, 5) is 21.5. The molecule has 0 radical (unpaired) electrons. The molecule has 1 fully saturated rings. The van der Waals surface area contributed by atoms with Crippen molar-refractivity contribution in [3.05, 3.63) is 54.4 Å². The van der Waals surface area contributed by atoms with Gasteiger partial charge in [-0.25, -0.2) is 4.79 Å². The second-order valence-corrected chi connectivity index (χ2v) is 8.12. The number of benzene rings is 1. The Morgan fingerprint density at radius 1 is 1.13 bits per heavy atom. The highest BCUT2D eigenvalue weighted by Crippen LogP contribution is 2.18. The second kappa shape index (κ2) is 10.9. The standard InChI is InChI=1S/C23H33N5O2/c1-18(2)22(28-13-11-27(3)12-14-28)16-25-23(29)26-19-8-6-9-21(15-19)30-17-20-7-4-5-10-24-20/h4-10,15,18,22H,11-14,16-17H2,1-3H3,(H2,25,26,29). The third-order valence-electron chi connectivity index (χ3n) is 5.45. The summed E-state index contributed by atoms with van der Waals surface area (Å²) >= 11 is 0. The van der Waals surface area contributed by atoms with Crippen LogP contribution >= 0.6 is 0 Å². The predicted octanol–water partition coefficient (Wildman–Crippen LogP) is 3.05. The van der Waals surface area contributed by atoms with Gasteiger partial charge < -0.3 is 20.3 Å². The normalized spacial score (nSPS) is 16.3. The number of pyridine rings is 1. The van der Waals surface area contributed by atoms with E-state index in [1.54, 1.807) is 6.20 Å². The van der Waals surface area contributed by atoms with Crippen LogP contribution in [0.15, 0.2) is 48.7 Å². The highest BCUT2D eigenvalue weighted by molar-refractivity contribution is 5.89. The van der Waals surface area contributed by atoms with Crippen molar-refractivity contribution in [3.8, 4) is 5.75 Å². The Labute approximate surface area is 179 Å². The van der Waals surface area contributed by atoms with Gasteiger partial charge in [-0.05, 0) is 37.2 Å². The largest absolute Gasteiger partial charge is 0.487 e. The predicted molar refractivity (Wildman–Crippen MR) is 120 cm³/mol. The van der Waals surface area contributed by atoms with Crippen LogP contribution in [0, 0.1) is 5.92 Å². The SMILES string of the molecule is CC(C)C(CNC(=O)Nc1cccc(OCc2ccccn2)c1)N1CCN(C)CC1. The van der Waals surface area contributed by atoms with Gasteiger partial charge in [-0.1, -0.05) is 26.0 Å². The van der Waals surface area contributed by atoms with E-state index in [9.17, 15) is 4.79 Å². The minimum absolute atomic E-state index is 0.198. The van der Waals surface area contributed by atoms with E-state index >= 15 is 0 Å². The smallest absolute Gasteiger partial charge is 0.319 e. The van der Waals surface area contributed by atoms with Crippen molar-refractivity contribution in [3.63, 3.8) is 0 Å². The van der Waals surface area contributed by atoms with Crippen LogP contribution < -0.4 is 15.4 Å². The summed E-state index contributed by atoms with van der Waals surface area (Å²) in [5.74, 6) is 1.16. The lowest BCUT2D eigenvalue weighted by atomic mass is 10.0. The monoisotopic (exact) mass is 411 g/mol. The molecule has 0 bridgehead atoms. The van der Waals surface area contributed by atoms with Gasteiger partial charge in [0.1, 0.15) is 12.4 Å². The van der Waals surface area contributed by atoms with Gasteiger partial charge in [-0.15, -0.1) is 0 Å². The first-order valence-electron chi connectivity index (χ1n) is 10.6. The van der Waals surface area contributed by atoms with Gasteiger partial charge in [0.05, 0.1) is 5.69 Å². The molecule has 3 rings (SSSR count). The fraction of sp³-hybridized carbons (Fsp3) is 0.478. The van der Waals surface area contributed by atoms with Gasteiger partial charge in [-0.3, -0.25) is 9.88 Å². The van der Waals surface area contributed by atoms with Crippen LogP contribution in [-0.2, 0) is 6.61 Å². The number of anilines is 1. The van der Waals surface area contributed by atoms with E-state index in [1.165, 1.54) is 0 Å². The Morgan fingerprint density at radius 3 is 2.63 bits per heavy atom. The van der Waals surface area contributed by atoms with Crippen molar-refractivity contribution in [1.82, 2.24) is 20.1 Å². The van der Waals surface area contributed by atoms with Crippen LogP contribution in [0.5, 0.6) is 5.75 Å². The van der Waals surface area contributed by atoms with Crippen molar-refractivity contribution in [1.29, 1.82) is 0 Å². The van der Waals surface area contributed by atoms with E-state index in [0.29, 0.717) is 36.5 Å². The number of hydrogen-bond donors (Lipinski definition) is 2. The molecular weight excluding hydrogens is 378 g/mol. The topological polar surface area (TPSA) is 69.7 Å². The number of nitrogens with zero attached hydrogens (tertiary/aromatic N) is 3. The second-order valence-electron chi connectivity index (χ2n) is 8.12. The Bertz CT molecular complexity index is 791. The first-order chi connectivity index (χ1) is 14.5. The maximum atomic E-state index is 12.5. The summed E-state index contributed by atoms with van der Waals surface area (Å²) in [6.07, 6.45) is 1.74. The molecule has 2 heterocycles.